The van der Waals surface area contributed by atoms with Gasteiger partial charge in [-0.2, -0.15) is 0 Å². The predicted octanol–water partition coefficient (Wildman–Crippen LogP) is 3.87. The number of nitrogens with one attached hydrogen (secondary N) is 2. The van der Waals surface area contributed by atoms with Gasteiger partial charge in [0, 0.05) is 34.8 Å². The van der Waals surface area contributed by atoms with Crippen LogP contribution in [0.25, 0.3) is 10.9 Å². The number of halogens is 1. The predicted molar refractivity (Wildman–Crippen MR) is 175 cm³/mol. The monoisotopic (exact) mass is 672 g/mol. The summed E-state index contributed by atoms with van der Waals surface area (Å²) in [6, 6.07) is 24.0. The van der Waals surface area contributed by atoms with Crippen molar-refractivity contribution in [2.45, 2.75) is 24.4 Å². The molecule has 1 fully saturated rings. The van der Waals surface area contributed by atoms with Crippen LogP contribution in [-0.2, 0) is 39.5 Å². The first-order valence-corrected chi connectivity index (χ1v) is 16.4. The molecule has 2 aliphatic rings. The van der Waals surface area contributed by atoms with E-state index in [0.29, 0.717) is 27.4 Å². The molecule has 2 amide bonds. The number of anilines is 1. The van der Waals surface area contributed by atoms with Gasteiger partial charge in [-0.1, -0.05) is 72.3 Å². The van der Waals surface area contributed by atoms with Crippen molar-refractivity contribution in [1.29, 1.82) is 0 Å². The van der Waals surface area contributed by atoms with Gasteiger partial charge in [-0.05, 0) is 35.4 Å². The summed E-state index contributed by atoms with van der Waals surface area (Å²) in [6.07, 6.45) is 0.759. The van der Waals surface area contributed by atoms with E-state index in [9.17, 15) is 23.4 Å². The van der Waals surface area contributed by atoms with Gasteiger partial charge in [-0.15, -0.1) is 0 Å². The third-order valence-corrected chi connectivity index (χ3v) is 9.63. The lowest BCUT2D eigenvalue weighted by atomic mass is 10.0. The standard InChI is InChI=1S/C34H29ClN4O7S/c1-20(40)45-18-23-19-47(44)33-29(38-28(41)17-37-26-14-15-36-27-16-24(35)12-13-25(26)27)32(42)39(33)30(23)34(43)46-31(21-8-4-2-5-9-21)22-10-6-3-7-11-22/h2-16,29,31,33H,17-19H2,1H3,(H,36,37)(H,38,41)/t29-,33-,47?/m1/s1. The van der Waals surface area contributed by atoms with Gasteiger partial charge in [0.2, 0.25) is 5.91 Å². The number of β-lactam (4-membered cyclic amide) rings is 1. The number of nitrogens with zero attached hydrogens (tertiary/aromatic N) is 2. The van der Waals surface area contributed by atoms with Gasteiger partial charge in [0.25, 0.3) is 5.91 Å². The summed E-state index contributed by atoms with van der Waals surface area (Å²) in [5.41, 5.74) is 2.71. The lowest BCUT2D eigenvalue weighted by molar-refractivity contribution is -0.155. The Bertz CT molecular complexity index is 1880. The number of pyridine rings is 1. The van der Waals surface area contributed by atoms with Crippen molar-refractivity contribution in [2.75, 3.05) is 24.2 Å². The number of amides is 2. The van der Waals surface area contributed by atoms with Crippen LogP contribution >= 0.6 is 11.6 Å². The van der Waals surface area contributed by atoms with Crippen molar-refractivity contribution in [1.82, 2.24) is 15.2 Å². The Morgan fingerprint density at radius 2 is 1.70 bits per heavy atom. The molecule has 3 atom stereocenters. The molecule has 0 aliphatic carbocycles. The van der Waals surface area contributed by atoms with Gasteiger partial charge < -0.3 is 20.1 Å². The zero-order chi connectivity index (χ0) is 33.1. The van der Waals surface area contributed by atoms with Crippen LogP contribution in [0.15, 0.2) is 102 Å². The second-order valence-corrected chi connectivity index (χ2v) is 12.9. The van der Waals surface area contributed by atoms with Gasteiger partial charge >= 0.3 is 11.9 Å². The van der Waals surface area contributed by atoms with E-state index in [1.165, 1.54) is 6.92 Å². The number of fused-ring (bicyclic) bond motifs is 2. The number of hydrogen-bond donors (Lipinski definition) is 2. The molecule has 4 aromatic rings. The first-order chi connectivity index (χ1) is 22.7. The van der Waals surface area contributed by atoms with Crippen LogP contribution in [0.3, 0.4) is 0 Å². The molecular formula is C34H29ClN4O7S. The van der Waals surface area contributed by atoms with Crippen molar-refractivity contribution in [3.63, 3.8) is 0 Å². The van der Waals surface area contributed by atoms with Crippen LogP contribution in [0.4, 0.5) is 5.69 Å². The van der Waals surface area contributed by atoms with Crippen LogP contribution in [0.2, 0.25) is 5.02 Å². The van der Waals surface area contributed by atoms with Gasteiger partial charge in [-0.25, -0.2) is 4.79 Å². The minimum Gasteiger partial charge on any atom is -0.461 e. The average molecular weight is 673 g/mol. The summed E-state index contributed by atoms with van der Waals surface area (Å²) in [5, 5.41) is 5.96. The molecule has 1 aromatic heterocycles. The highest BCUT2D eigenvalue weighted by atomic mass is 35.5. The summed E-state index contributed by atoms with van der Waals surface area (Å²) in [5.74, 6) is -2.78. The van der Waals surface area contributed by atoms with Gasteiger partial charge in [0.15, 0.2) is 6.10 Å². The maximum Gasteiger partial charge on any atom is 0.356 e. The molecule has 3 aromatic carbocycles. The van der Waals surface area contributed by atoms with E-state index in [0.717, 1.165) is 10.3 Å². The molecule has 2 N–H and O–H groups in total. The molecule has 0 spiro atoms. The number of rotatable bonds is 10. The smallest absolute Gasteiger partial charge is 0.356 e. The Morgan fingerprint density at radius 1 is 1.02 bits per heavy atom. The SMILES string of the molecule is CC(=O)OCC1=C(C(=O)OC(c2ccccc2)c2ccccc2)N2C(=O)[C@@H](NC(=O)CNc3ccnc4cc(Cl)ccc34)[C@H]2S(=O)C1. The molecule has 240 valence electrons. The number of benzene rings is 3. The minimum absolute atomic E-state index is 0.150. The number of carbonyl (C=O) groups is 4. The molecular weight excluding hydrogens is 644 g/mol. The lowest BCUT2D eigenvalue weighted by Gasteiger charge is -2.49. The van der Waals surface area contributed by atoms with E-state index < -0.39 is 52.1 Å². The fourth-order valence-corrected chi connectivity index (χ4v) is 7.40. The van der Waals surface area contributed by atoms with E-state index in [1.54, 1.807) is 30.5 Å². The molecule has 2 aliphatic heterocycles. The Balaban J connectivity index is 1.22. The zero-order valence-electron chi connectivity index (χ0n) is 25.1. The fourth-order valence-electron chi connectivity index (χ4n) is 5.56. The van der Waals surface area contributed by atoms with Crippen LogP contribution in [0.1, 0.15) is 24.2 Å². The molecule has 1 saturated heterocycles. The summed E-state index contributed by atoms with van der Waals surface area (Å²) in [4.78, 5) is 57.6. The molecule has 11 nitrogen and oxygen atoms in total. The second-order valence-electron chi connectivity index (χ2n) is 10.9. The van der Waals surface area contributed by atoms with E-state index in [-0.39, 0.29) is 30.2 Å². The van der Waals surface area contributed by atoms with E-state index >= 15 is 0 Å². The van der Waals surface area contributed by atoms with Crippen LogP contribution < -0.4 is 10.6 Å². The van der Waals surface area contributed by atoms with E-state index in [2.05, 4.69) is 15.6 Å². The summed E-state index contributed by atoms with van der Waals surface area (Å²) in [7, 11) is -1.73. The second kappa shape index (κ2) is 13.7. The molecule has 0 radical (unpaired) electrons. The Morgan fingerprint density at radius 3 is 2.36 bits per heavy atom. The van der Waals surface area contributed by atoms with Crippen molar-refractivity contribution in [2.24, 2.45) is 0 Å². The van der Waals surface area contributed by atoms with Crippen molar-refractivity contribution < 1.29 is 32.9 Å². The van der Waals surface area contributed by atoms with Crippen LogP contribution in [0.5, 0.6) is 0 Å². The molecule has 0 bridgehead atoms. The van der Waals surface area contributed by atoms with E-state index in [1.807, 2.05) is 60.7 Å². The van der Waals surface area contributed by atoms with Crippen molar-refractivity contribution in [3.05, 3.63) is 119 Å². The zero-order valence-corrected chi connectivity index (χ0v) is 26.6. The molecule has 47 heavy (non-hydrogen) atoms. The molecule has 13 heteroatoms. The largest absolute Gasteiger partial charge is 0.461 e. The van der Waals surface area contributed by atoms with Gasteiger partial charge in [0.05, 0.1) is 28.6 Å². The van der Waals surface area contributed by atoms with E-state index in [4.69, 9.17) is 21.1 Å². The topological polar surface area (TPSA) is 144 Å². The molecule has 6 rings (SSSR count). The Kier molecular flexibility index (Phi) is 9.32. The number of ether oxygens (including phenoxy) is 2. The molecule has 3 heterocycles. The first-order valence-electron chi connectivity index (χ1n) is 14.7. The van der Waals surface area contributed by atoms with Crippen LogP contribution in [-0.4, -0.2) is 68.2 Å². The van der Waals surface area contributed by atoms with Crippen molar-refractivity contribution in [3.8, 4) is 0 Å². The highest BCUT2D eigenvalue weighted by Gasteiger charge is 2.57. The third-order valence-electron chi connectivity index (χ3n) is 7.74. The first kappa shape index (κ1) is 31.9. The maximum atomic E-state index is 13.9. The molecule has 0 saturated carbocycles. The fraction of sp³-hybridized carbons (Fsp3) is 0.206. The summed E-state index contributed by atoms with van der Waals surface area (Å²) in [6.45, 7) is 0.665. The maximum absolute atomic E-state index is 13.9. The Hall–Kier alpha value is -5.07. The van der Waals surface area contributed by atoms with Crippen molar-refractivity contribution >= 4 is 62.7 Å². The highest BCUT2D eigenvalue weighted by Crippen LogP contribution is 2.37. The quantitative estimate of drug-likeness (QED) is 0.190. The third kappa shape index (κ3) is 6.74. The Labute approximate surface area is 277 Å². The van der Waals surface area contributed by atoms with Gasteiger partial charge in [0.1, 0.15) is 23.7 Å². The highest BCUT2D eigenvalue weighted by molar-refractivity contribution is 7.86. The summed E-state index contributed by atoms with van der Waals surface area (Å²) >= 11 is 6.07. The lowest BCUT2D eigenvalue weighted by Crippen LogP contribution is -2.74. The average Bonchev–Trinajstić information content (AvgIpc) is 3.07. The summed E-state index contributed by atoms with van der Waals surface area (Å²) < 4.78 is 24.6. The number of hydrogen-bond acceptors (Lipinski definition) is 9. The minimum atomic E-state index is -1.73. The van der Waals surface area contributed by atoms with Crippen LogP contribution in [0, 0.1) is 0 Å². The number of esters is 2. The normalized spacial score (nSPS) is 18.7. The number of carbonyl (C=O) groups excluding carboxylic acids is 4. The molecule has 1 unspecified atom stereocenters. The van der Waals surface area contributed by atoms with Gasteiger partial charge in [-0.3, -0.25) is 28.5 Å². The number of aromatic nitrogens is 1.